The monoisotopic (exact) mass is 359 g/mol. The number of aryl methyl sites for hydroxylation is 1. The van der Waals surface area contributed by atoms with E-state index in [2.05, 4.69) is 21.5 Å². The fraction of sp³-hybridized carbons (Fsp3) is 0.286. The van der Waals surface area contributed by atoms with Crippen LogP contribution in [0.1, 0.15) is 28.8 Å². The fourth-order valence-corrected chi connectivity index (χ4v) is 3.63. The fourth-order valence-electron chi connectivity index (χ4n) is 3.63. The first-order chi connectivity index (χ1) is 13.3. The number of fused-ring (bicyclic) bond motifs is 1. The van der Waals surface area contributed by atoms with E-state index in [1.807, 2.05) is 42.5 Å². The second kappa shape index (κ2) is 7.60. The molecule has 4 rings (SSSR count). The van der Waals surface area contributed by atoms with Crippen LogP contribution < -0.4 is 5.32 Å². The molecule has 0 saturated carbocycles. The van der Waals surface area contributed by atoms with Crippen LogP contribution in [0, 0.1) is 17.2 Å². The number of rotatable bonds is 5. The van der Waals surface area contributed by atoms with Crippen molar-refractivity contribution in [1.29, 1.82) is 5.26 Å². The van der Waals surface area contributed by atoms with Gasteiger partial charge in [0.05, 0.1) is 17.3 Å². The van der Waals surface area contributed by atoms with E-state index in [0.717, 1.165) is 42.6 Å². The van der Waals surface area contributed by atoms with Crippen LogP contribution in [0.15, 0.2) is 48.7 Å². The van der Waals surface area contributed by atoms with E-state index in [4.69, 9.17) is 0 Å². The van der Waals surface area contributed by atoms with Gasteiger partial charge in [0.1, 0.15) is 0 Å². The summed E-state index contributed by atoms with van der Waals surface area (Å²) in [5.74, 6) is 1.26. The highest BCUT2D eigenvalue weighted by atomic mass is 16.3. The molecule has 1 unspecified atom stereocenters. The number of aromatic nitrogens is 3. The molecular formula is C21H21N5O. The molecule has 27 heavy (non-hydrogen) atoms. The molecule has 1 atom stereocenters. The number of nitrogens with one attached hydrogen (secondary N) is 1. The van der Waals surface area contributed by atoms with Crippen molar-refractivity contribution < 1.29 is 5.11 Å². The van der Waals surface area contributed by atoms with Crippen LogP contribution in [0.3, 0.4) is 0 Å². The molecule has 0 spiro atoms. The number of pyridine rings is 1. The molecule has 1 aliphatic rings. The highest BCUT2D eigenvalue weighted by Gasteiger charge is 2.26. The van der Waals surface area contributed by atoms with Crippen molar-refractivity contribution in [2.45, 2.75) is 25.8 Å². The van der Waals surface area contributed by atoms with E-state index in [1.54, 1.807) is 6.20 Å². The van der Waals surface area contributed by atoms with Gasteiger partial charge in [-0.1, -0.05) is 24.3 Å². The Kier molecular flexibility index (Phi) is 4.86. The SMILES string of the molecule is N#Cc1ccccc1CNCC1CCc2nn(-c3ccccn3)c(O)c2C1. The van der Waals surface area contributed by atoms with Crippen molar-refractivity contribution in [3.8, 4) is 17.8 Å². The van der Waals surface area contributed by atoms with Crippen LogP contribution in [0.2, 0.25) is 0 Å². The molecule has 2 N–H and O–H groups in total. The maximum Gasteiger partial charge on any atom is 0.219 e. The molecule has 0 aliphatic heterocycles. The predicted octanol–water partition coefficient (Wildman–Crippen LogP) is 2.74. The summed E-state index contributed by atoms with van der Waals surface area (Å²) < 4.78 is 1.53. The van der Waals surface area contributed by atoms with Crippen LogP contribution in [0.25, 0.3) is 5.82 Å². The minimum absolute atomic E-state index is 0.197. The summed E-state index contributed by atoms with van der Waals surface area (Å²) in [5.41, 5.74) is 3.62. The smallest absolute Gasteiger partial charge is 0.219 e. The van der Waals surface area contributed by atoms with Gasteiger partial charge in [-0.05, 0) is 55.5 Å². The molecule has 2 aromatic heterocycles. The van der Waals surface area contributed by atoms with E-state index in [0.29, 0.717) is 23.8 Å². The number of nitriles is 1. The Labute approximate surface area is 158 Å². The second-order valence-corrected chi connectivity index (χ2v) is 6.86. The lowest BCUT2D eigenvalue weighted by Gasteiger charge is -2.21. The molecule has 0 fully saturated rings. The maximum absolute atomic E-state index is 10.6. The summed E-state index contributed by atoms with van der Waals surface area (Å²) in [6, 6.07) is 15.5. The third kappa shape index (κ3) is 3.55. The third-order valence-electron chi connectivity index (χ3n) is 5.07. The summed E-state index contributed by atoms with van der Waals surface area (Å²) in [7, 11) is 0. The van der Waals surface area contributed by atoms with E-state index >= 15 is 0 Å². The highest BCUT2D eigenvalue weighted by molar-refractivity contribution is 5.39. The van der Waals surface area contributed by atoms with Crippen LogP contribution in [0.5, 0.6) is 5.88 Å². The lowest BCUT2D eigenvalue weighted by Crippen LogP contribution is -2.27. The van der Waals surface area contributed by atoms with Crippen molar-refractivity contribution in [3.63, 3.8) is 0 Å². The number of nitrogens with zero attached hydrogens (tertiary/aromatic N) is 4. The van der Waals surface area contributed by atoms with Crippen LogP contribution in [-0.2, 0) is 19.4 Å². The zero-order valence-electron chi connectivity index (χ0n) is 15.0. The van der Waals surface area contributed by atoms with Gasteiger partial charge in [-0.15, -0.1) is 0 Å². The van der Waals surface area contributed by atoms with Crippen molar-refractivity contribution in [1.82, 2.24) is 20.1 Å². The summed E-state index contributed by atoms with van der Waals surface area (Å²) in [5, 5.41) is 27.8. The van der Waals surface area contributed by atoms with Gasteiger partial charge < -0.3 is 10.4 Å². The van der Waals surface area contributed by atoms with Crippen molar-refractivity contribution in [2.24, 2.45) is 5.92 Å². The molecule has 0 amide bonds. The number of benzene rings is 1. The lowest BCUT2D eigenvalue weighted by molar-refractivity contribution is 0.398. The Hall–Kier alpha value is -3.17. The Morgan fingerprint density at radius 2 is 2.07 bits per heavy atom. The first-order valence-corrected chi connectivity index (χ1v) is 9.16. The summed E-state index contributed by atoms with van der Waals surface area (Å²) >= 11 is 0. The summed E-state index contributed by atoms with van der Waals surface area (Å²) in [4.78, 5) is 4.27. The van der Waals surface area contributed by atoms with E-state index < -0.39 is 0 Å². The third-order valence-corrected chi connectivity index (χ3v) is 5.07. The van der Waals surface area contributed by atoms with Crippen molar-refractivity contribution >= 4 is 0 Å². The lowest BCUT2D eigenvalue weighted by atomic mass is 9.87. The van der Waals surface area contributed by atoms with Gasteiger partial charge in [0.15, 0.2) is 5.82 Å². The van der Waals surface area contributed by atoms with Gasteiger partial charge in [-0.3, -0.25) is 0 Å². The van der Waals surface area contributed by atoms with Gasteiger partial charge >= 0.3 is 0 Å². The van der Waals surface area contributed by atoms with E-state index in [1.165, 1.54) is 4.68 Å². The molecule has 0 radical (unpaired) electrons. The molecule has 3 aromatic rings. The van der Waals surface area contributed by atoms with E-state index in [9.17, 15) is 10.4 Å². The standard InChI is InChI=1S/C21H21N5O/c22-12-16-5-1-2-6-17(16)14-23-13-15-8-9-19-18(11-15)21(27)26(25-19)20-7-3-4-10-24-20/h1-7,10,15,23,27H,8-9,11,13-14H2. The summed E-state index contributed by atoms with van der Waals surface area (Å²) in [6.45, 7) is 1.51. The van der Waals surface area contributed by atoms with Gasteiger partial charge in [0.2, 0.25) is 5.88 Å². The topological polar surface area (TPSA) is 86.8 Å². The minimum Gasteiger partial charge on any atom is -0.493 e. The molecular weight excluding hydrogens is 338 g/mol. The number of hydrogen-bond donors (Lipinski definition) is 2. The first-order valence-electron chi connectivity index (χ1n) is 9.16. The maximum atomic E-state index is 10.6. The number of aromatic hydroxyl groups is 1. The van der Waals surface area contributed by atoms with E-state index in [-0.39, 0.29) is 5.88 Å². The average Bonchev–Trinajstić information content (AvgIpc) is 3.05. The molecule has 0 bridgehead atoms. The highest BCUT2D eigenvalue weighted by Crippen LogP contribution is 2.32. The Morgan fingerprint density at radius 1 is 1.22 bits per heavy atom. The summed E-state index contributed by atoms with van der Waals surface area (Å²) in [6.07, 6.45) is 4.37. The molecule has 1 aromatic carbocycles. The zero-order valence-corrected chi connectivity index (χ0v) is 15.0. The van der Waals surface area contributed by atoms with Crippen LogP contribution in [0.4, 0.5) is 0 Å². The number of hydrogen-bond acceptors (Lipinski definition) is 5. The molecule has 0 saturated heterocycles. The minimum atomic E-state index is 0.197. The largest absolute Gasteiger partial charge is 0.493 e. The van der Waals surface area contributed by atoms with Gasteiger partial charge in [0.25, 0.3) is 0 Å². The quantitative estimate of drug-likeness (QED) is 0.731. The Balaban J connectivity index is 1.42. The van der Waals surface area contributed by atoms with Gasteiger partial charge in [-0.2, -0.15) is 15.0 Å². The molecule has 6 heteroatoms. The molecule has 2 heterocycles. The first kappa shape index (κ1) is 17.3. The average molecular weight is 359 g/mol. The Bertz CT molecular complexity index is 974. The normalized spacial score (nSPS) is 15.9. The zero-order chi connectivity index (χ0) is 18.6. The van der Waals surface area contributed by atoms with Crippen LogP contribution in [-0.4, -0.2) is 26.4 Å². The molecule has 1 aliphatic carbocycles. The van der Waals surface area contributed by atoms with Crippen molar-refractivity contribution in [3.05, 3.63) is 71.0 Å². The molecule has 6 nitrogen and oxygen atoms in total. The van der Waals surface area contributed by atoms with Gasteiger partial charge in [0, 0.05) is 18.3 Å². The molecule has 136 valence electrons. The predicted molar refractivity (Wildman–Crippen MR) is 101 cm³/mol. The van der Waals surface area contributed by atoms with Gasteiger partial charge in [-0.25, -0.2) is 4.98 Å². The van der Waals surface area contributed by atoms with Crippen molar-refractivity contribution in [2.75, 3.05) is 6.54 Å². The second-order valence-electron chi connectivity index (χ2n) is 6.86. The Morgan fingerprint density at radius 3 is 2.89 bits per heavy atom. The van der Waals surface area contributed by atoms with Crippen LogP contribution >= 0.6 is 0 Å².